The van der Waals surface area contributed by atoms with Crippen LogP contribution >= 0.6 is 0 Å². The monoisotopic (exact) mass is 310 g/mol. The van der Waals surface area contributed by atoms with Gasteiger partial charge in [-0.15, -0.1) is 0 Å². The molecule has 2 saturated carbocycles. The van der Waals surface area contributed by atoms with Crippen molar-refractivity contribution in [3.05, 3.63) is 12.2 Å². The molecule has 3 aliphatic heterocycles. The Kier molecular flexibility index (Phi) is 1.92. The van der Waals surface area contributed by atoms with Crippen LogP contribution in [0.15, 0.2) is 12.2 Å². The van der Waals surface area contributed by atoms with E-state index in [9.17, 15) is 20.1 Å². The molecule has 9 unspecified atom stereocenters. The molecule has 7 heteroatoms. The van der Waals surface area contributed by atoms with Crippen LogP contribution in [-0.4, -0.2) is 69.1 Å². The molecule has 22 heavy (non-hydrogen) atoms. The van der Waals surface area contributed by atoms with Crippen LogP contribution in [0.5, 0.6) is 0 Å². The Morgan fingerprint density at radius 1 is 1.32 bits per heavy atom. The van der Waals surface area contributed by atoms with Gasteiger partial charge in [0.15, 0.2) is 6.10 Å². The van der Waals surface area contributed by atoms with Gasteiger partial charge in [-0.2, -0.15) is 0 Å². The molecular formula is C15H18O7. The van der Waals surface area contributed by atoms with E-state index in [0.29, 0.717) is 6.61 Å². The van der Waals surface area contributed by atoms with E-state index in [1.54, 1.807) is 13.8 Å². The van der Waals surface area contributed by atoms with Gasteiger partial charge in [0.25, 0.3) is 0 Å². The van der Waals surface area contributed by atoms with Crippen LogP contribution in [0.3, 0.4) is 0 Å². The quantitative estimate of drug-likeness (QED) is 0.307. The lowest BCUT2D eigenvalue weighted by molar-refractivity contribution is -0.267. The molecule has 120 valence electrons. The molecule has 1 spiro atoms. The van der Waals surface area contributed by atoms with Gasteiger partial charge in [-0.1, -0.05) is 13.5 Å². The van der Waals surface area contributed by atoms with Crippen molar-refractivity contribution in [2.45, 2.75) is 55.1 Å². The first-order chi connectivity index (χ1) is 10.2. The fourth-order valence-electron chi connectivity index (χ4n) is 5.46. The van der Waals surface area contributed by atoms with Crippen LogP contribution in [0.25, 0.3) is 0 Å². The number of carbonyl (C=O) groups is 1. The molecule has 5 fully saturated rings. The average Bonchev–Trinajstić information content (AvgIpc) is 3.30. The van der Waals surface area contributed by atoms with Crippen molar-refractivity contribution in [3.63, 3.8) is 0 Å². The van der Waals surface area contributed by atoms with Crippen molar-refractivity contribution < 1.29 is 34.3 Å². The number of epoxide rings is 2. The Morgan fingerprint density at radius 3 is 2.50 bits per heavy atom. The van der Waals surface area contributed by atoms with E-state index in [2.05, 4.69) is 6.58 Å². The summed E-state index contributed by atoms with van der Waals surface area (Å²) in [7, 11) is 0. The highest BCUT2D eigenvalue weighted by molar-refractivity contribution is 5.82. The average molecular weight is 310 g/mol. The van der Waals surface area contributed by atoms with Crippen LogP contribution in [0.4, 0.5) is 0 Å². The van der Waals surface area contributed by atoms with Crippen molar-refractivity contribution in [2.24, 2.45) is 11.3 Å². The van der Waals surface area contributed by atoms with Crippen molar-refractivity contribution in [3.8, 4) is 0 Å². The fraction of sp³-hybridized carbons (Fsp3) is 0.800. The van der Waals surface area contributed by atoms with E-state index in [4.69, 9.17) is 14.2 Å². The van der Waals surface area contributed by atoms with Crippen molar-refractivity contribution >= 4 is 5.97 Å². The second-order valence-corrected chi connectivity index (χ2v) is 7.52. The van der Waals surface area contributed by atoms with Crippen LogP contribution in [0.1, 0.15) is 13.8 Å². The highest BCUT2D eigenvalue weighted by Gasteiger charge is 2.96. The Morgan fingerprint density at radius 2 is 1.95 bits per heavy atom. The van der Waals surface area contributed by atoms with E-state index < -0.39 is 52.4 Å². The van der Waals surface area contributed by atoms with E-state index in [-0.39, 0.29) is 11.7 Å². The lowest BCUT2D eigenvalue weighted by Crippen LogP contribution is -2.76. The maximum atomic E-state index is 12.4. The van der Waals surface area contributed by atoms with Gasteiger partial charge in [0.2, 0.25) is 0 Å². The molecule has 3 saturated heterocycles. The molecule has 0 aromatic heterocycles. The molecule has 3 N–H and O–H groups in total. The zero-order valence-electron chi connectivity index (χ0n) is 12.3. The number of aliphatic hydroxyl groups excluding tert-OH is 1. The maximum Gasteiger partial charge on any atom is 0.315 e. The van der Waals surface area contributed by atoms with Gasteiger partial charge in [-0.05, 0) is 12.5 Å². The Labute approximate surface area is 126 Å². The van der Waals surface area contributed by atoms with Crippen molar-refractivity contribution in [1.29, 1.82) is 0 Å². The van der Waals surface area contributed by atoms with Gasteiger partial charge >= 0.3 is 5.97 Å². The Hall–Kier alpha value is -0.990. The molecule has 5 rings (SSSR count). The van der Waals surface area contributed by atoms with Crippen LogP contribution in [0.2, 0.25) is 0 Å². The molecule has 3 heterocycles. The molecule has 0 amide bonds. The number of hydrogen-bond acceptors (Lipinski definition) is 7. The first-order valence-electron chi connectivity index (χ1n) is 7.46. The van der Waals surface area contributed by atoms with Crippen LogP contribution in [-0.2, 0) is 19.0 Å². The van der Waals surface area contributed by atoms with E-state index in [1.807, 2.05) is 0 Å². The maximum absolute atomic E-state index is 12.4. The van der Waals surface area contributed by atoms with E-state index in [0.717, 1.165) is 0 Å². The molecule has 7 nitrogen and oxygen atoms in total. The van der Waals surface area contributed by atoms with Gasteiger partial charge in [0.1, 0.15) is 41.0 Å². The van der Waals surface area contributed by atoms with Crippen LogP contribution in [0, 0.1) is 11.3 Å². The van der Waals surface area contributed by atoms with Gasteiger partial charge in [0, 0.05) is 0 Å². The third kappa shape index (κ3) is 0.917. The molecule has 0 aromatic carbocycles. The number of esters is 1. The summed E-state index contributed by atoms with van der Waals surface area (Å²) in [6, 6.07) is 0. The highest BCUT2D eigenvalue weighted by atomic mass is 16.7. The number of aliphatic hydroxyl groups is 3. The predicted octanol–water partition coefficient (Wildman–Crippen LogP) is -1.50. The number of hydrogen-bond donors (Lipinski definition) is 3. The molecule has 0 aromatic rings. The minimum Gasteiger partial charge on any atom is -0.456 e. The summed E-state index contributed by atoms with van der Waals surface area (Å²) in [5.41, 5.74) is -5.26. The lowest BCUT2D eigenvalue weighted by atomic mass is 9.50. The molecular weight excluding hydrogens is 292 g/mol. The molecule has 9 atom stereocenters. The second kappa shape index (κ2) is 3.14. The lowest BCUT2D eigenvalue weighted by Gasteiger charge is -2.56. The van der Waals surface area contributed by atoms with E-state index >= 15 is 0 Å². The van der Waals surface area contributed by atoms with E-state index in [1.165, 1.54) is 0 Å². The number of ether oxygens (including phenoxy) is 3. The van der Waals surface area contributed by atoms with Gasteiger partial charge in [0.05, 0.1) is 12.0 Å². The van der Waals surface area contributed by atoms with Crippen molar-refractivity contribution in [2.75, 3.05) is 6.61 Å². The van der Waals surface area contributed by atoms with Crippen molar-refractivity contribution in [1.82, 2.24) is 0 Å². The third-order valence-corrected chi connectivity index (χ3v) is 6.91. The first kappa shape index (κ1) is 13.4. The SMILES string of the molecule is C=C(C)C1(O)C2OC(=O)C1C1(O)C3OC3C3(CO3)C1(C)C2O. The summed E-state index contributed by atoms with van der Waals surface area (Å²) < 4.78 is 16.4. The minimum absolute atomic E-state index is 0.276. The first-order valence-corrected chi connectivity index (χ1v) is 7.46. The smallest absolute Gasteiger partial charge is 0.315 e. The molecule has 0 radical (unpaired) electrons. The van der Waals surface area contributed by atoms with Gasteiger partial charge in [-0.3, -0.25) is 4.79 Å². The topological polar surface area (TPSA) is 112 Å². The summed E-state index contributed by atoms with van der Waals surface area (Å²) in [6.45, 7) is 7.35. The zero-order chi connectivity index (χ0) is 15.9. The normalized spacial score (nSPS) is 66.8. The summed E-state index contributed by atoms with van der Waals surface area (Å²) in [5.74, 6) is -1.97. The summed E-state index contributed by atoms with van der Waals surface area (Å²) in [6.07, 6.45) is -3.46. The predicted molar refractivity (Wildman–Crippen MR) is 69.5 cm³/mol. The molecule has 5 aliphatic rings. The summed E-state index contributed by atoms with van der Waals surface area (Å²) >= 11 is 0. The van der Waals surface area contributed by atoms with Gasteiger partial charge in [-0.25, -0.2) is 0 Å². The molecule has 2 aliphatic carbocycles. The fourth-order valence-corrected chi connectivity index (χ4v) is 5.46. The standard InChI is InChI=1S/C15H18O7/c1-5(2)14(18)6-11(17)22-8(14)7(16)12(3)13(4-20-13)9-10(21-9)15(6,12)19/h6-10,16,18-19H,1,4H2,2-3H3. The van der Waals surface area contributed by atoms with Crippen LogP contribution < -0.4 is 0 Å². The largest absolute Gasteiger partial charge is 0.456 e. The number of carbonyl (C=O) groups excluding carboxylic acids is 1. The second-order valence-electron chi connectivity index (χ2n) is 7.52. The number of fused-ring (bicyclic) bond motifs is 8. The highest BCUT2D eigenvalue weighted by Crippen LogP contribution is 2.76. The Bertz CT molecular complexity index is 642. The third-order valence-electron chi connectivity index (χ3n) is 6.91. The summed E-state index contributed by atoms with van der Waals surface area (Å²) in [5, 5.41) is 33.5. The Balaban J connectivity index is 1.79. The molecule has 2 bridgehead atoms. The minimum atomic E-state index is -1.82. The zero-order valence-corrected chi connectivity index (χ0v) is 12.3. The number of rotatable bonds is 1. The van der Waals surface area contributed by atoms with Gasteiger partial charge < -0.3 is 29.5 Å². The summed E-state index contributed by atoms with van der Waals surface area (Å²) in [4.78, 5) is 12.4.